The monoisotopic (exact) mass is 392 g/mol. The summed E-state index contributed by atoms with van der Waals surface area (Å²) in [5.74, 6) is 2.35. The van der Waals surface area contributed by atoms with Gasteiger partial charge in [0.15, 0.2) is 0 Å². The van der Waals surface area contributed by atoms with Crippen LogP contribution < -0.4 is 0 Å². The maximum atomic E-state index is 2.49. The molecule has 160 valence electrons. The van der Waals surface area contributed by atoms with Crippen molar-refractivity contribution in [3.63, 3.8) is 0 Å². The first-order valence-electron chi connectivity index (χ1n) is 11.7. The van der Waals surface area contributed by atoms with Crippen molar-refractivity contribution in [2.75, 3.05) is 0 Å². The summed E-state index contributed by atoms with van der Waals surface area (Å²) in [6.07, 6.45) is 2.40. The molecule has 0 N–H and O–H groups in total. The zero-order valence-corrected chi connectivity index (χ0v) is 20.4. The molecule has 0 spiro atoms. The number of hydrogen-bond acceptors (Lipinski definition) is 0. The summed E-state index contributed by atoms with van der Waals surface area (Å²) in [5.41, 5.74) is 4.86. The molecule has 0 aromatic heterocycles. The Morgan fingerprint density at radius 1 is 0.690 bits per heavy atom. The van der Waals surface area contributed by atoms with Crippen LogP contribution in [-0.4, -0.2) is 0 Å². The van der Waals surface area contributed by atoms with Gasteiger partial charge in [0.2, 0.25) is 0 Å². The van der Waals surface area contributed by atoms with Crippen LogP contribution in [0.4, 0.5) is 0 Å². The standard InChI is InChI=1S/C29H44/c1-10-21(3)29(8,9)27(24-15-13-12-14-16-24)22(4)26(11-2)23-17-19-25(20-18-23)28(5,6)7/h12-22,26-27H,10-11H2,1-9H3. The lowest BCUT2D eigenvalue weighted by Crippen LogP contribution is -2.35. The van der Waals surface area contributed by atoms with Gasteiger partial charge in [0.1, 0.15) is 0 Å². The second-order valence-corrected chi connectivity index (χ2v) is 10.8. The van der Waals surface area contributed by atoms with E-state index in [1.54, 1.807) is 0 Å². The predicted octanol–water partition coefficient (Wildman–Crippen LogP) is 8.97. The van der Waals surface area contributed by atoms with Crippen LogP contribution in [0, 0.1) is 17.3 Å². The fraction of sp³-hybridized carbons (Fsp3) is 0.586. The Bertz CT molecular complexity index is 730. The van der Waals surface area contributed by atoms with E-state index in [0.29, 0.717) is 23.7 Å². The molecule has 0 saturated heterocycles. The van der Waals surface area contributed by atoms with Gasteiger partial charge in [-0.25, -0.2) is 0 Å². The normalized spacial score (nSPS) is 16.9. The van der Waals surface area contributed by atoms with Crippen molar-refractivity contribution in [1.82, 2.24) is 0 Å². The SMILES string of the molecule is CCC(c1ccc(C(C)(C)C)cc1)C(C)C(c1ccccc1)C(C)(C)C(C)CC. The first-order valence-corrected chi connectivity index (χ1v) is 11.7. The van der Waals surface area contributed by atoms with Gasteiger partial charge in [0, 0.05) is 0 Å². The third kappa shape index (κ3) is 5.33. The van der Waals surface area contributed by atoms with E-state index >= 15 is 0 Å². The molecule has 2 aromatic rings. The van der Waals surface area contributed by atoms with E-state index in [4.69, 9.17) is 0 Å². The van der Waals surface area contributed by atoms with Gasteiger partial charge in [-0.05, 0) is 57.6 Å². The van der Waals surface area contributed by atoms with E-state index in [1.165, 1.54) is 29.5 Å². The van der Waals surface area contributed by atoms with Gasteiger partial charge in [-0.2, -0.15) is 0 Å². The fourth-order valence-corrected chi connectivity index (χ4v) is 5.28. The Kier molecular flexibility index (Phi) is 7.77. The molecule has 0 nitrogen and oxygen atoms in total. The van der Waals surface area contributed by atoms with Crippen molar-refractivity contribution >= 4 is 0 Å². The molecule has 0 heteroatoms. The summed E-state index contributed by atoms with van der Waals surface area (Å²) in [6, 6.07) is 20.7. The summed E-state index contributed by atoms with van der Waals surface area (Å²) < 4.78 is 0. The first-order chi connectivity index (χ1) is 13.5. The third-order valence-electron chi connectivity index (χ3n) is 7.65. The summed E-state index contributed by atoms with van der Waals surface area (Å²) in [5, 5.41) is 0. The van der Waals surface area contributed by atoms with Crippen LogP contribution in [0.2, 0.25) is 0 Å². The van der Waals surface area contributed by atoms with Gasteiger partial charge in [0.25, 0.3) is 0 Å². The lowest BCUT2D eigenvalue weighted by molar-refractivity contribution is 0.122. The molecule has 0 aliphatic heterocycles. The minimum Gasteiger partial charge on any atom is -0.0651 e. The van der Waals surface area contributed by atoms with Crippen molar-refractivity contribution in [2.24, 2.45) is 17.3 Å². The molecular weight excluding hydrogens is 348 g/mol. The fourth-order valence-electron chi connectivity index (χ4n) is 5.28. The highest BCUT2D eigenvalue weighted by Crippen LogP contribution is 2.51. The largest absolute Gasteiger partial charge is 0.0651 e. The van der Waals surface area contributed by atoms with E-state index in [2.05, 4.69) is 117 Å². The molecule has 0 amide bonds. The Labute approximate surface area is 181 Å². The third-order valence-corrected chi connectivity index (χ3v) is 7.65. The highest BCUT2D eigenvalue weighted by atomic mass is 14.4. The molecular formula is C29H44. The number of benzene rings is 2. The van der Waals surface area contributed by atoms with Crippen LogP contribution in [0.15, 0.2) is 54.6 Å². The predicted molar refractivity (Wildman–Crippen MR) is 130 cm³/mol. The van der Waals surface area contributed by atoms with Gasteiger partial charge >= 0.3 is 0 Å². The molecule has 0 aliphatic carbocycles. The van der Waals surface area contributed by atoms with Crippen LogP contribution in [0.1, 0.15) is 104 Å². The topological polar surface area (TPSA) is 0 Å². The van der Waals surface area contributed by atoms with Gasteiger partial charge < -0.3 is 0 Å². The molecule has 2 rings (SSSR count). The van der Waals surface area contributed by atoms with Gasteiger partial charge in [-0.1, -0.05) is 123 Å². The minimum absolute atomic E-state index is 0.205. The maximum Gasteiger partial charge on any atom is -0.00765 e. The van der Waals surface area contributed by atoms with Gasteiger partial charge in [0.05, 0.1) is 0 Å². The first kappa shape index (κ1) is 23.7. The van der Waals surface area contributed by atoms with Crippen molar-refractivity contribution in [3.05, 3.63) is 71.3 Å². The van der Waals surface area contributed by atoms with Crippen molar-refractivity contribution in [3.8, 4) is 0 Å². The Morgan fingerprint density at radius 2 is 1.24 bits per heavy atom. The second kappa shape index (κ2) is 9.50. The smallest absolute Gasteiger partial charge is 0.00765 e. The van der Waals surface area contributed by atoms with E-state index in [0.717, 1.165) is 0 Å². The Hall–Kier alpha value is -1.56. The van der Waals surface area contributed by atoms with Crippen LogP contribution in [-0.2, 0) is 5.41 Å². The average molecular weight is 393 g/mol. The molecule has 0 bridgehead atoms. The summed E-state index contributed by atoms with van der Waals surface area (Å²) in [7, 11) is 0. The zero-order chi connectivity index (χ0) is 21.8. The van der Waals surface area contributed by atoms with Crippen LogP contribution >= 0.6 is 0 Å². The van der Waals surface area contributed by atoms with Crippen molar-refractivity contribution < 1.29 is 0 Å². The number of rotatable bonds is 8. The van der Waals surface area contributed by atoms with E-state index in [9.17, 15) is 0 Å². The van der Waals surface area contributed by atoms with E-state index in [-0.39, 0.29) is 10.8 Å². The van der Waals surface area contributed by atoms with Gasteiger partial charge in [-0.15, -0.1) is 0 Å². The van der Waals surface area contributed by atoms with Crippen LogP contribution in [0.3, 0.4) is 0 Å². The molecule has 29 heavy (non-hydrogen) atoms. The molecule has 0 fully saturated rings. The molecule has 0 aliphatic rings. The van der Waals surface area contributed by atoms with Crippen molar-refractivity contribution in [2.45, 2.75) is 92.4 Å². The maximum absolute atomic E-state index is 2.49. The zero-order valence-electron chi connectivity index (χ0n) is 20.4. The minimum atomic E-state index is 0.205. The highest BCUT2D eigenvalue weighted by Gasteiger charge is 2.40. The molecule has 0 saturated carbocycles. The van der Waals surface area contributed by atoms with E-state index in [1.807, 2.05) is 0 Å². The summed E-state index contributed by atoms with van der Waals surface area (Å²) in [6.45, 7) is 21.5. The van der Waals surface area contributed by atoms with Crippen LogP contribution in [0.5, 0.6) is 0 Å². The second-order valence-electron chi connectivity index (χ2n) is 10.8. The quantitative estimate of drug-likeness (QED) is 0.420. The molecule has 2 aromatic carbocycles. The Balaban J connectivity index is 2.46. The van der Waals surface area contributed by atoms with Crippen molar-refractivity contribution in [1.29, 1.82) is 0 Å². The molecule has 4 atom stereocenters. The number of hydrogen-bond donors (Lipinski definition) is 0. The van der Waals surface area contributed by atoms with E-state index < -0.39 is 0 Å². The van der Waals surface area contributed by atoms with Crippen LogP contribution in [0.25, 0.3) is 0 Å². The molecule has 4 unspecified atom stereocenters. The highest BCUT2D eigenvalue weighted by molar-refractivity contribution is 5.31. The molecule has 0 radical (unpaired) electrons. The Morgan fingerprint density at radius 3 is 1.69 bits per heavy atom. The summed E-state index contributed by atoms with van der Waals surface area (Å²) in [4.78, 5) is 0. The van der Waals surface area contributed by atoms with Gasteiger partial charge in [-0.3, -0.25) is 0 Å². The lowest BCUT2D eigenvalue weighted by atomic mass is 9.59. The summed E-state index contributed by atoms with van der Waals surface area (Å²) >= 11 is 0. The average Bonchev–Trinajstić information content (AvgIpc) is 2.68. The lowest BCUT2D eigenvalue weighted by Gasteiger charge is -2.45. The molecule has 0 heterocycles.